The van der Waals surface area contributed by atoms with Crippen LogP contribution >= 0.6 is 0 Å². The van der Waals surface area contributed by atoms with Crippen molar-refractivity contribution in [3.8, 4) is 0 Å². The molecule has 3 unspecified atom stereocenters. The standard InChI is InChI=1S/C29H37.C17H23.C13H10.2ClH.Zr/c1-18-25-22-17-19-13-9-10-14-20(19)24(22)21-15-11-12-16-23(21)29(25,8)28(6,7)27(4,5)26(18,2)3;1-11-3-4-14(5-11)17(2)15-7-12-6-13(9-15)10-16(17)8-12;1-3-7-12(8-4-1)11-13-9-5-2-6-10-13;;;/h9-11,13-15,23H,12,16-17H2,1-8H3;4-5,11-13,15-16H,6-10H2,1-2H3;1-10H;2*1H;/q2*-1;;;;+2/p-2. The molecule has 0 aliphatic heterocycles. The van der Waals surface area contributed by atoms with E-state index in [-0.39, 0.29) is 46.5 Å². The second kappa shape index (κ2) is 17.4. The molecule has 0 saturated heterocycles. The van der Waals surface area contributed by atoms with Crippen LogP contribution in [0.4, 0.5) is 0 Å². The summed E-state index contributed by atoms with van der Waals surface area (Å²) in [4.78, 5) is 0. The van der Waals surface area contributed by atoms with Gasteiger partial charge >= 0.3 is 99.2 Å². The van der Waals surface area contributed by atoms with Gasteiger partial charge in [0.2, 0.25) is 0 Å². The third kappa shape index (κ3) is 7.23. The Morgan fingerprint density at radius 3 is 1.81 bits per heavy atom. The van der Waals surface area contributed by atoms with Gasteiger partial charge in [-0.2, -0.15) is 22.8 Å². The van der Waals surface area contributed by atoms with E-state index in [1.807, 2.05) is 0 Å². The molecule has 0 heterocycles. The van der Waals surface area contributed by atoms with E-state index in [2.05, 4.69) is 185 Å². The molecule has 0 amide bonds. The first-order valence-corrected chi connectivity index (χ1v) is 24.8. The molecule has 0 N–H and O–H groups in total. The molecule has 5 fully saturated rings. The quantitative estimate of drug-likeness (QED) is 0.230. The van der Waals surface area contributed by atoms with Gasteiger partial charge in [-0.1, -0.05) is 139 Å². The molecule has 9 aliphatic rings. The van der Waals surface area contributed by atoms with E-state index in [4.69, 9.17) is 0 Å². The Morgan fingerprint density at radius 2 is 1.26 bits per heavy atom. The molecule has 12 rings (SSSR count). The normalized spacial score (nSPS) is 33.0. The zero-order valence-electron chi connectivity index (χ0n) is 39.3. The van der Waals surface area contributed by atoms with Gasteiger partial charge in [-0.3, -0.25) is 6.08 Å². The summed E-state index contributed by atoms with van der Waals surface area (Å²) >= 11 is 1.46. The van der Waals surface area contributed by atoms with Crippen LogP contribution in [0.25, 0.3) is 5.57 Å². The molecule has 4 bridgehead atoms. The van der Waals surface area contributed by atoms with E-state index in [9.17, 15) is 0 Å². The molecule has 62 heavy (non-hydrogen) atoms. The maximum atomic E-state index is 3.49. The number of fused-ring (bicyclic) bond motifs is 6. The van der Waals surface area contributed by atoms with Crippen LogP contribution in [-0.4, -0.2) is 3.21 Å². The molecule has 9 aliphatic carbocycles. The summed E-state index contributed by atoms with van der Waals surface area (Å²) in [7, 11) is 0. The summed E-state index contributed by atoms with van der Waals surface area (Å²) in [5.74, 6) is 6.92. The van der Waals surface area contributed by atoms with Crippen molar-refractivity contribution in [2.75, 3.05) is 0 Å². The third-order valence-corrected chi connectivity index (χ3v) is 20.7. The number of rotatable bonds is 3. The molecule has 0 aromatic heterocycles. The first-order chi connectivity index (χ1) is 28.5. The van der Waals surface area contributed by atoms with Gasteiger partial charge < -0.3 is 24.8 Å². The average Bonchev–Trinajstić information content (AvgIpc) is 3.87. The molecule has 0 spiro atoms. The van der Waals surface area contributed by atoms with Crippen molar-refractivity contribution in [1.82, 2.24) is 0 Å². The number of halogens is 2. The van der Waals surface area contributed by atoms with Gasteiger partial charge in [0.25, 0.3) is 0 Å². The molecular weight excluding hydrogens is 871 g/mol. The Balaban J connectivity index is 0.000000149. The molecule has 3 aromatic carbocycles. The molecule has 326 valence electrons. The van der Waals surface area contributed by atoms with Crippen LogP contribution in [0.15, 0.2) is 132 Å². The molecular formula is C59H70Cl2Zr-2. The van der Waals surface area contributed by atoms with Crippen LogP contribution in [0.3, 0.4) is 0 Å². The topological polar surface area (TPSA) is 0 Å². The van der Waals surface area contributed by atoms with Crippen molar-refractivity contribution in [2.45, 2.75) is 121 Å². The van der Waals surface area contributed by atoms with Crippen LogP contribution < -0.4 is 24.8 Å². The van der Waals surface area contributed by atoms with E-state index in [1.54, 1.807) is 40.2 Å². The SMILES string of the molecule is CC1[C-]=CC(C2(C)C3CC4CC(C3)CC2C4)=C1.C[C-]1C2=C3Cc4ccccc4C3=C3C=CCCC3C2(C)C(C)(C)C(C)(C)C1(C)C.[Cl-].[Cl-].[Zr+2]=[C](c1ccccc1)c1ccccc1. The van der Waals surface area contributed by atoms with Gasteiger partial charge in [-0.15, -0.1) is 6.92 Å². The Kier molecular flexibility index (Phi) is 13.3. The molecule has 3 heteroatoms. The molecule has 3 aromatic rings. The van der Waals surface area contributed by atoms with Gasteiger partial charge in [0, 0.05) is 0 Å². The summed E-state index contributed by atoms with van der Waals surface area (Å²) in [5, 5.41) is 0. The Bertz CT molecular complexity index is 2240. The number of benzene rings is 3. The van der Waals surface area contributed by atoms with E-state index >= 15 is 0 Å². The van der Waals surface area contributed by atoms with Crippen LogP contribution in [-0.2, 0) is 30.7 Å². The van der Waals surface area contributed by atoms with Crippen molar-refractivity contribution in [2.24, 2.45) is 62.6 Å². The minimum absolute atomic E-state index is 0. The predicted octanol–water partition coefficient (Wildman–Crippen LogP) is 9.16. The van der Waals surface area contributed by atoms with Crippen molar-refractivity contribution < 1.29 is 49.0 Å². The van der Waals surface area contributed by atoms with Crippen molar-refractivity contribution >= 4 is 8.78 Å². The minimum atomic E-state index is 0. The van der Waals surface area contributed by atoms with Crippen LogP contribution in [0, 0.1) is 74.6 Å². The summed E-state index contributed by atoms with van der Waals surface area (Å²) in [6.07, 6.45) is 24.4. The molecule has 5 saturated carbocycles. The fourth-order valence-corrected chi connectivity index (χ4v) is 15.3. The second-order valence-electron chi connectivity index (χ2n) is 22.2. The number of hydrogen-bond acceptors (Lipinski definition) is 0. The Hall–Kier alpha value is -2.44. The Morgan fingerprint density at radius 1 is 0.710 bits per heavy atom. The summed E-state index contributed by atoms with van der Waals surface area (Å²) in [6, 6.07) is 30.3. The van der Waals surface area contributed by atoms with Gasteiger partial charge in [0.1, 0.15) is 0 Å². The molecule has 0 radical (unpaired) electrons. The third-order valence-electron chi connectivity index (χ3n) is 19.3. The number of hydrogen-bond donors (Lipinski definition) is 0. The fourth-order valence-electron chi connectivity index (χ4n) is 14.5. The first kappa shape index (κ1) is 47.5. The Labute approximate surface area is 403 Å². The molecule has 0 nitrogen and oxygen atoms in total. The average molecular weight is 941 g/mol. The van der Waals surface area contributed by atoms with Crippen molar-refractivity contribution in [3.63, 3.8) is 0 Å². The van der Waals surface area contributed by atoms with Gasteiger partial charge in [-0.25, -0.2) is 12.0 Å². The van der Waals surface area contributed by atoms with E-state index in [0.29, 0.717) is 17.3 Å². The van der Waals surface area contributed by atoms with Gasteiger partial charge in [0.05, 0.1) is 0 Å². The predicted molar refractivity (Wildman–Crippen MR) is 251 cm³/mol. The van der Waals surface area contributed by atoms with Crippen LogP contribution in [0.2, 0.25) is 0 Å². The zero-order chi connectivity index (χ0) is 42.4. The van der Waals surface area contributed by atoms with E-state index < -0.39 is 0 Å². The maximum absolute atomic E-state index is 3.49. The second-order valence-corrected chi connectivity index (χ2v) is 23.4. The van der Waals surface area contributed by atoms with Crippen LogP contribution in [0.5, 0.6) is 0 Å². The summed E-state index contributed by atoms with van der Waals surface area (Å²) in [5.41, 5.74) is 15.1. The van der Waals surface area contributed by atoms with Gasteiger partial charge in [0.15, 0.2) is 0 Å². The monoisotopic (exact) mass is 938 g/mol. The fraction of sp³-hybridized carbons (Fsp3) is 0.492. The van der Waals surface area contributed by atoms with E-state index in [1.165, 1.54) is 88.2 Å². The summed E-state index contributed by atoms with van der Waals surface area (Å²) in [6.45, 7) is 25.1. The number of allylic oxidation sites excluding steroid dienone is 10. The molecule has 3 atom stereocenters. The zero-order valence-corrected chi connectivity index (χ0v) is 43.2. The van der Waals surface area contributed by atoms with E-state index in [0.717, 1.165) is 30.1 Å². The first-order valence-electron chi connectivity index (χ1n) is 23.6. The van der Waals surface area contributed by atoms with Crippen molar-refractivity contribution in [3.05, 3.63) is 166 Å². The van der Waals surface area contributed by atoms with Gasteiger partial charge in [-0.05, 0) is 96.3 Å². The van der Waals surface area contributed by atoms with Crippen LogP contribution in [0.1, 0.15) is 136 Å². The summed E-state index contributed by atoms with van der Waals surface area (Å²) < 4.78 is 1.42. The van der Waals surface area contributed by atoms with Crippen molar-refractivity contribution in [1.29, 1.82) is 0 Å².